The maximum atomic E-state index is 10.1. The van der Waals surface area contributed by atoms with Crippen LogP contribution in [0, 0.1) is 0 Å². The highest BCUT2D eigenvalue weighted by atomic mass is 79.9. The molecule has 4 nitrogen and oxygen atoms in total. The van der Waals surface area contributed by atoms with Crippen LogP contribution in [0.2, 0.25) is 0 Å². The third kappa shape index (κ3) is 3.43. The molecule has 0 aliphatic carbocycles. The monoisotopic (exact) mass is 470 g/mol. The predicted octanol–water partition coefficient (Wildman–Crippen LogP) is 6.48. The minimum atomic E-state index is 0.144. The molecular weight excluding hydrogens is 460 g/mol. The second kappa shape index (κ2) is 7.05. The number of aromatic hydroxyl groups is 1. The Morgan fingerprint density at radius 2 is 1.81 bits per heavy atom. The summed E-state index contributed by atoms with van der Waals surface area (Å²) in [4.78, 5) is 8.98. The van der Waals surface area contributed by atoms with Crippen molar-refractivity contribution in [1.29, 1.82) is 0 Å². The van der Waals surface area contributed by atoms with Crippen molar-refractivity contribution in [1.82, 2.24) is 4.98 Å². The van der Waals surface area contributed by atoms with Crippen LogP contribution in [-0.2, 0) is 0 Å². The van der Waals surface area contributed by atoms with Gasteiger partial charge in [-0.25, -0.2) is 4.98 Å². The van der Waals surface area contributed by atoms with Gasteiger partial charge in [0.1, 0.15) is 11.3 Å². The molecule has 0 radical (unpaired) electrons. The van der Waals surface area contributed by atoms with Crippen LogP contribution in [0.5, 0.6) is 5.75 Å². The first kappa shape index (κ1) is 17.0. The molecule has 0 aliphatic rings. The molecule has 4 aromatic rings. The van der Waals surface area contributed by atoms with Crippen LogP contribution in [0.4, 0.5) is 5.69 Å². The zero-order valence-electron chi connectivity index (χ0n) is 13.4. The molecule has 1 N–H and O–H groups in total. The Balaban J connectivity index is 1.68. The van der Waals surface area contributed by atoms with Crippen molar-refractivity contribution in [3.63, 3.8) is 0 Å². The largest absolute Gasteiger partial charge is 0.506 e. The quantitative estimate of drug-likeness (QED) is 0.348. The number of rotatable bonds is 3. The van der Waals surface area contributed by atoms with Gasteiger partial charge in [0.2, 0.25) is 5.89 Å². The minimum absolute atomic E-state index is 0.144. The Labute approximate surface area is 166 Å². The molecular formula is C20H12Br2N2O2. The average molecular weight is 472 g/mol. The zero-order chi connectivity index (χ0) is 18.1. The van der Waals surface area contributed by atoms with Crippen molar-refractivity contribution in [2.45, 2.75) is 0 Å². The molecule has 0 bridgehead atoms. The Morgan fingerprint density at radius 1 is 1.00 bits per heavy atom. The molecule has 0 fully saturated rings. The molecule has 1 aromatic heterocycles. The number of nitrogens with zero attached hydrogens (tertiary/aromatic N) is 2. The molecule has 0 amide bonds. The van der Waals surface area contributed by atoms with Crippen molar-refractivity contribution >= 4 is 54.9 Å². The number of fused-ring (bicyclic) bond motifs is 1. The second-order valence-electron chi connectivity index (χ2n) is 5.62. The highest BCUT2D eigenvalue weighted by Crippen LogP contribution is 2.31. The van der Waals surface area contributed by atoms with Crippen molar-refractivity contribution < 1.29 is 9.52 Å². The fourth-order valence-corrected chi connectivity index (χ4v) is 3.79. The third-order valence-electron chi connectivity index (χ3n) is 3.80. The molecule has 0 saturated heterocycles. The average Bonchev–Trinajstić information content (AvgIpc) is 3.07. The summed E-state index contributed by atoms with van der Waals surface area (Å²) < 4.78 is 7.26. The highest BCUT2D eigenvalue weighted by Gasteiger charge is 2.09. The second-order valence-corrected chi connectivity index (χ2v) is 7.39. The third-order valence-corrected chi connectivity index (χ3v) is 4.86. The van der Waals surface area contributed by atoms with E-state index in [-0.39, 0.29) is 5.75 Å². The van der Waals surface area contributed by atoms with Gasteiger partial charge in [0.05, 0.1) is 10.2 Å². The lowest BCUT2D eigenvalue weighted by atomic mass is 10.2. The molecule has 1 heterocycles. The Morgan fingerprint density at radius 3 is 2.62 bits per heavy atom. The van der Waals surface area contributed by atoms with Crippen LogP contribution >= 0.6 is 31.9 Å². The maximum absolute atomic E-state index is 10.1. The summed E-state index contributed by atoms with van der Waals surface area (Å²) in [7, 11) is 0. The normalized spacial score (nSPS) is 11.5. The van der Waals surface area contributed by atoms with Gasteiger partial charge in [0.15, 0.2) is 5.58 Å². The van der Waals surface area contributed by atoms with Crippen LogP contribution in [0.3, 0.4) is 0 Å². The van der Waals surface area contributed by atoms with E-state index in [4.69, 9.17) is 4.42 Å². The van der Waals surface area contributed by atoms with Crippen molar-refractivity contribution in [2.24, 2.45) is 4.99 Å². The van der Waals surface area contributed by atoms with E-state index in [1.54, 1.807) is 18.3 Å². The van der Waals surface area contributed by atoms with Gasteiger partial charge in [-0.3, -0.25) is 4.99 Å². The molecule has 0 unspecified atom stereocenters. The summed E-state index contributed by atoms with van der Waals surface area (Å²) in [5.74, 6) is 0.723. The summed E-state index contributed by atoms with van der Waals surface area (Å²) >= 11 is 6.72. The van der Waals surface area contributed by atoms with Gasteiger partial charge < -0.3 is 9.52 Å². The zero-order valence-corrected chi connectivity index (χ0v) is 16.5. The molecule has 26 heavy (non-hydrogen) atoms. The summed E-state index contributed by atoms with van der Waals surface area (Å²) in [6.07, 6.45) is 1.62. The first-order valence-corrected chi connectivity index (χ1v) is 9.37. The lowest BCUT2D eigenvalue weighted by Gasteiger charge is -2.02. The molecule has 4 rings (SSSR count). The van der Waals surface area contributed by atoms with Crippen molar-refractivity contribution in [2.75, 3.05) is 0 Å². The van der Waals surface area contributed by atoms with Gasteiger partial charge in [0, 0.05) is 21.8 Å². The number of benzene rings is 3. The molecule has 6 heteroatoms. The van der Waals surface area contributed by atoms with E-state index >= 15 is 0 Å². The number of hydrogen-bond donors (Lipinski definition) is 1. The van der Waals surface area contributed by atoms with E-state index in [1.165, 1.54) is 0 Å². The Kier molecular flexibility index (Phi) is 4.61. The van der Waals surface area contributed by atoms with E-state index in [9.17, 15) is 5.11 Å². The maximum Gasteiger partial charge on any atom is 0.227 e. The van der Waals surface area contributed by atoms with Crippen LogP contribution in [0.25, 0.3) is 22.6 Å². The summed E-state index contributed by atoms with van der Waals surface area (Å²) in [5.41, 5.74) is 3.70. The fraction of sp³-hybridized carbons (Fsp3) is 0. The summed E-state index contributed by atoms with van der Waals surface area (Å²) in [5, 5.41) is 10.1. The number of oxazole rings is 1. The van der Waals surface area contributed by atoms with Crippen LogP contribution in [0.15, 0.2) is 79.0 Å². The van der Waals surface area contributed by atoms with E-state index in [0.29, 0.717) is 21.5 Å². The number of aromatic nitrogens is 1. The Hall–Kier alpha value is -2.44. The topological polar surface area (TPSA) is 58.6 Å². The van der Waals surface area contributed by atoms with Crippen LogP contribution < -0.4 is 0 Å². The van der Waals surface area contributed by atoms with Crippen LogP contribution in [-0.4, -0.2) is 16.3 Å². The van der Waals surface area contributed by atoms with E-state index in [2.05, 4.69) is 41.8 Å². The molecule has 0 atom stereocenters. The first-order valence-electron chi connectivity index (χ1n) is 7.78. The number of hydrogen-bond acceptors (Lipinski definition) is 4. The van der Waals surface area contributed by atoms with Gasteiger partial charge in [-0.05, 0) is 58.4 Å². The molecule has 0 saturated carbocycles. The van der Waals surface area contributed by atoms with Crippen molar-refractivity contribution in [3.8, 4) is 17.2 Å². The minimum Gasteiger partial charge on any atom is -0.506 e. The lowest BCUT2D eigenvalue weighted by Crippen LogP contribution is -1.84. The molecule has 3 aromatic carbocycles. The van der Waals surface area contributed by atoms with Gasteiger partial charge in [-0.15, -0.1) is 0 Å². The summed E-state index contributed by atoms with van der Waals surface area (Å²) in [6, 6.07) is 18.9. The van der Waals surface area contributed by atoms with Crippen LogP contribution in [0.1, 0.15) is 5.56 Å². The standard InChI is InChI=1S/C20H12Br2N2O2/c21-14-8-13(19(25)16(22)9-14)11-23-15-6-7-18-17(10-15)24-20(26-18)12-4-2-1-3-5-12/h1-11,25H. The van der Waals surface area contributed by atoms with E-state index < -0.39 is 0 Å². The smallest absolute Gasteiger partial charge is 0.227 e. The van der Waals surface area contributed by atoms with Crippen molar-refractivity contribution in [3.05, 3.63) is 75.2 Å². The molecule has 0 spiro atoms. The van der Waals surface area contributed by atoms with E-state index in [0.717, 1.165) is 21.2 Å². The summed E-state index contributed by atoms with van der Waals surface area (Å²) in [6.45, 7) is 0. The van der Waals surface area contributed by atoms with Gasteiger partial charge >= 0.3 is 0 Å². The van der Waals surface area contributed by atoms with E-state index in [1.807, 2.05) is 48.5 Å². The predicted molar refractivity (Wildman–Crippen MR) is 110 cm³/mol. The number of phenolic OH excluding ortho intramolecular Hbond substituents is 1. The van der Waals surface area contributed by atoms with Gasteiger partial charge in [-0.2, -0.15) is 0 Å². The van der Waals surface area contributed by atoms with Gasteiger partial charge in [-0.1, -0.05) is 34.1 Å². The molecule has 0 aliphatic heterocycles. The van der Waals surface area contributed by atoms with Gasteiger partial charge in [0.25, 0.3) is 0 Å². The number of phenols is 1. The first-order chi connectivity index (χ1) is 12.6. The highest BCUT2D eigenvalue weighted by molar-refractivity contribution is 9.11. The SMILES string of the molecule is Oc1c(Br)cc(Br)cc1C=Nc1ccc2oc(-c3ccccc3)nc2c1. The Bertz CT molecular complexity index is 1120. The lowest BCUT2D eigenvalue weighted by molar-refractivity contribution is 0.471. The number of halogens is 2. The fourth-order valence-electron chi connectivity index (χ4n) is 2.53. The number of aliphatic imine (C=N–C) groups is 1. The molecule has 128 valence electrons.